The second-order valence-corrected chi connectivity index (χ2v) is 8.14. The highest BCUT2D eigenvalue weighted by molar-refractivity contribution is 5.82. The summed E-state index contributed by atoms with van der Waals surface area (Å²) in [5, 5.41) is 10.3. The van der Waals surface area contributed by atoms with E-state index in [1.165, 1.54) is 19.1 Å². The number of aryl methyl sites for hydroxylation is 1. The number of hydrogen-bond donors (Lipinski definition) is 1. The van der Waals surface area contributed by atoms with Gasteiger partial charge in [0.05, 0.1) is 10.9 Å². The maximum absolute atomic E-state index is 13.6. The van der Waals surface area contributed by atoms with E-state index >= 15 is 0 Å². The molecule has 0 aliphatic carbocycles. The average Bonchev–Trinajstić information content (AvgIpc) is 2.60. The largest absolute Gasteiger partial charge is 0.448 e. The summed E-state index contributed by atoms with van der Waals surface area (Å²) in [6.45, 7) is 7.07. The van der Waals surface area contributed by atoms with Crippen LogP contribution < -0.4 is 10.3 Å². The van der Waals surface area contributed by atoms with Crippen LogP contribution in [0.5, 0.6) is 0 Å². The second-order valence-electron chi connectivity index (χ2n) is 8.14. The van der Waals surface area contributed by atoms with Crippen molar-refractivity contribution in [1.29, 1.82) is 0 Å². The molecule has 0 bridgehead atoms. The van der Waals surface area contributed by atoms with Gasteiger partial charge in [-0.3, -0.25) is 4.79 Å². The first-order valence-corrected chi connectivity index (χ1v) is 9.06. The molecule has 1 atom stereocenters. The normalized spacial score (nSPS) is 19.6. The Morgan fingerprint density at radius 3 is 2.32 bits per heavy atom. The molecule has 1 N–H and O–H groups in total. The first-order valence-electron chi connectivity index (χ1n) is 9.06. The van der Waals surface area contributed by atoms with Crippen LogP contribution in [0.15, 0.2) is 27.4 Å². The predicted octanol–water partition coefficient (Wildman–Crippen LogP) is 4.08. The highest BCUT2D eigenvalue weighted by Crippen LogP contribution is 2.43. The number of halogens is 3. The quantitative estimate of drug-likeness (QED) is 0.788. The highest BCUT2D eigenvalue weighted by atomic mass is 19.4. The standard InChI is InChI=1S/C20H24F3NO4/c1-12-9-13-15(25)11-16(24-7-5-18(2,3)6-8-24)28-17(13)14(10-12)19(26,27-4)20(21,22)23/h9-11,26H,5-8H2,1-4H3. The van der Waals surface area contributed by atoms with Crippen LogP contribution in [0.3, 0.4) is 0 Å². The van der Waals surface area contributed by atoms with Crippen LogP contribution in [0.2, 0.25) is 0 Å². The summed E-state index contributed by atoms with van der Waals surface area (Å²) < 4.78 is 51.0. The molecule has 1 fully saturated rings. The summed E-state index contributed by atoms with van der Waals surface area (Å²) in [6.07, 6.45) is -3.40. The molecule has 2 heterocycles. The van der Waals surface area contributed by atoms with E-state index < -0.39 is 23.0 Å². The van der Waals surface area contributed by atoms with Crippen LogP contribution in [-0.2, 0) is 10.5 Å². The SMILES string of the molecule is COC(O)(c1cc(C)cc2c(=O)cc(N3CCC(C)(C)CC3)oc12)C(F)(F)F. The summed E-state index contributed by atoms with van der Waals surface area (Å²) in [5.41, 5.74) is -0.885. The molecule has 3 rings (SSSR count). The Bertz CT molecular complexity index is 941. The molecule has 1 aliphatic rings. The van der Waals surface area contributed by atoms with Crippen molar-refractivity contribution in [3.8, 4) is 0 Å². The Morgan fingerprint density at radius 2 is 1.79 bits per heavy atom. The van der Waals surface area contributed by atoms with Gasteiger partial charge in [-0.25, -0.2) is 0 Å². The Hall–Kier alpha value is -2.06. The van der Waals surface area contributed by atoms with Gasteiger partial charge in [0, 0.05) is 26.3 Å². The first kappa shape index (κ1) is 20.7. The Kier molecular flexibility index (Phi) is 5.00. The molecule has 1 unspecified atom stereocenters. The lowest BCUT2D eigenvalue weighted by Gasteiger charge is -2.37. The molecule has 1 aromatic heterocycles. The molecule has 2 aromatic rings. The van der Waals surface area contributed by atoms with Crippen LogP contribution in [0.1, 0.15) is 37.8 Å². The van der Waals surface area contributed by atoms with Crippen molar-refractivity contribution in [2.45, 2.75) is 45.6 Å². The van der Waals surface area contributed by atoms with E-state index in [0.29, 0.717) is 18.7 Å². The van der Waals surface area contributed by atoms with Crippen molar-refractivity contribution in [3.05, 3.63) is 39.5 Å². The fourth-order valence-electron chi connectivity index (χ4n) is 3.51. The zero-order chi connectivity index (χ0) is 20.9. The number of ether oxygens (including phenoxy) is 1. The third kappa shape index (κ3) is 3.51. The predicted molar refractivity (Wildman–Crippen MR) is 99.4 cm³/mol. The minimum Gasteiger partial charge on any atom is -0.440 e. The van der Waals surface area contributed by atoms with Crippen molar-refractivity contribution < 1.29 is 27.4 Å². The van der Waals surface area contributed by atoms with Crippen molar-refractivity contribution >= 4 is 16.9 Å². The number of hydrogen-bond acceptors (Lipinski definition) is 5. The minimum atomic E-state index is -5.12. The third-order valence-electron chi connectivity index (χ3n) is 5.43. The molecule has 28 heavy (non-hydrogen) atoms. The van der Waals surface area contributed by atoms with Crippen molar-refractivity contribution in [3.63, 3.8) is 0 Å². The van der Waals surface area contributed by atoms with Crippen LogP contribution >= 0.6 is 0 Å². The van der Waals surface area contributed by atoms with Crippen molar-refractivity contribution in [1.82, 2.24) is 0 Å². The lowest BCUT2D eigenvalue weighted by Crippen LogP contribution is -2.44. The molecule has 0 saturated carbocycles. The van der Waals surface area contributed by atoms with Gasteiger partial charge in [0.15, 0.2) is 11.3 Å². The van der Waals surface area contributed by atoms with Crippen LogP contribution in [-0.4, -0.2) is 31.5 Å². The van der Waals surface area contributed by atoms with E-state index in [2.05, 4.69) is 18.6 Å². The Morgan fingerprint density at radius 1 is 1.18 bits per heavy atom. The van der Waals surface area contributed by atoms with Gasteiger partial charge in [-0.2, -0.15) is 13.2 Å². The number of anilines is 1. The topological polar surface area (TPSA) is 62.9 Å². The van der Waals surface area contributed by atoms with E-state index in [1.54, 1.807) is 0 Å². The van der Waals surface area contributed by atoms with E-state index in [0.717, 1.165) is 26.0 Å². The third-order valence-corrected chi connectivity index (χ3v) is 5.43. The summed E-state index contributed by atoms with van der Waals surface area (Å²) in [4.78, 5) is 14.5. The van der Waals surface area contributed by atoms with Crippen LogP contribution in [0.25, 0.3) is 11.0 Å². The molecule has 0 spiro atoms. The van der Waals surface area contributed by atoms with Crippen LogP contribution in [0.4, 0.5) is 19.1 Å². The number of fused-ring (bicyclic) bond motifs is 1. The van der Waals surface area contributed by atoms with Gasteiger partial charge in [0.2, 0.25) is 0 Å². The minimum absolute atomic E-state index is 0.0317. The molecule has 0 radical (unpaired) electrons. The van der Waals surface area contributed by atoms with Crippen LogP contribution in [0, 0.1) is 12.3 Å². The molecular formula is C20H24F3NO4. The molecule has 8 heteroatoms. The number of benzene rings is 1. The maximum Gasteiger partial charge on any atom is 0.448 e. The van der Waals surface area contributed by atoms with Crippen molar-refractivity contribution in [2.24, 2.45) is 5.41 Å². The Labute approximate surface area is 160 Å². The van der Waals surface area contributed by atoms with Gasteiger partial charge >= 0.3 is 6.18 Å². The van der Waals surface area contributed by atoms with Gasteiger partial charge in [0.1, 0.15) is 5.58 Å². The van der Waals surface area contributed by atoms with Gasteiger partial charge in [-0.05, 0) is 42.9 Å². The van der Waals surface area contributed by atoms with Gasteiger partial charge in [-0.1, -0.05) is 13.8 Å². The Balaban J connectivity index is 2.21. The van der Waals surface area contributed by atoms with Gasteiger partial charge in [-0.15, -0.1) is 0 Å². The molecule has 154 valence electrons. The summed E-state index contributed by atoms with van der Waals surface area (Å²) in [5.74, 6) is -3.39. The zero-order valence-corrected chi connectivity index (χ0v) is 16.3. The molecule has 1 aromatic carbocycles. The average molecular weight is 399 g/mol. The number of piperidine rings is 1. The van der Waals surface area contributed by atoms with Crippen molar-refractivity contribution in [2.75, 3.05) is 25.1 Å². The van der Waals surface area contributed by atoms with E-state index in [9.17, 15) is 23.1 Å². The smallest absolute Gasteiger partial charge is 0.440 e. The molecular weight excluding hydrogens is 375 g/mol. The molecule has 5 nitrogen and oxygen atoms in total. The lowest BCUT2D eigenvalue weighted by molar-refractivity contribution is -0.367. The fraction of sp³-hybridized carbons (Fsp3) is 0.550. The van der Waals surface area contributed by atoms with Gasteiger partial charge < -0.3 is 19.2 Å². The number of rotatable bonds is 3. The number of nitrogens with zero attached hydrogens (tertiary/aromatic N) is 1. The molecule has 1 saturated heterocycles. The lowest BCUT2D eigenvalue weighted by atomic mass is 9.83. The summed E-state index contributed by atoms with van der Waals surface area (Å²) in [7, 11) is 0.760. The number of alkyl halides is 3. The van der Waals surface area contributed by atoms with Gasteiger partial charge in [0.25, 0.3) is 5.79 Å². The van der Waals surface area contributed by atoms with E-state index in [1.807, 2.05) is 4.90 Å². The second kappa shape index (κ2) is 6.77. The van der Waals surface area contributed by atoms with E-state index in [-0.39, 0.29) is 22.3 Å². The molecule has 0 amide bonds. The summed E-state index contributed by atoms with van der Waals surface area (Å²) in [6, 6.07) is 3.87. The molecule has 1 aliphatic heterocycles. The maximum atomic E-state index is 13.6. The number of methoxy groups -OCH3 is 1. The summed E-state index contributed by atoms with van der Waals surface area (Å²) >= 11 is 0. The highest BCUT2D eigenvalue weighted by Gasteiger charge is 2.57. The monoisotopic (exact) mass is 399 g/mol. The number of aliphatic hydroxyl groups is 1. The van der Waals surface area contributed by atoms with E-state index in [4.69, 9.17) is 4.42 Å². The zero-order valence-electron chi connectivity index (χ0n) is 16.3. The fourth-order valence-corrected chi connectivity index (χ4v) is 3.51. The first-order chi connectivity index (χ1) is 12.9.